The number of rotatable bonds is 9. The number of hydrogen-bond acceptors (Lipinski definition) is 6. The molecule has 8 nitrogen and oxygen atoms in total. The fourth-order valence-corrected chi connectivity index (χ4v) is 3.56. The van der Waals surface area contributed by atoms with Crippen molar-refractivity contribution in [2.45, 2.75) is 37.8 Å². The van der Waals surface area contributed by atoms with Gasteiger partial charge in [-0.25, -0.2) is 17.9 Å². The van der Waals surface area contributed by atoms with Crippen LogP contribution in [-0.4, -0.2) is 44.9 Å². The van der Waals surface area contributed by atoms with E-state index in [1.807, 2.05) is 6.92 Å². The number of hydrogen-bond donors (Lipinski definition) is 1. The minimum atomic E-state index is -3.65. The number of likely N-dealkylation sites (N-methyl/N-ethyl adjacent to an activating group) is 1. The van der Waals surface area contributed by atoms with Gasteiger partial charge in [-0.15, -0.1) is 0 Å². The first-order valence-corrected chi connectivity index (χ1v) is 10.3. The third-order valence-electron chi connectivity index (χ3n) is 4.09. The van der Waals surface area contributed by atoms with Crippen molar-refractivity contribution in [1.29, 1.82) is 0 Å². The van der Waals surface area contributed by atoms with Gasteiger partial charge in [-0.05, 0) is 49.7 Å². The largest absolute Gasteiger partial charge is 0.467 e. The molecule has 1 aromatic heterocycles. The standard InChI is InChI=1S/C19H24N2O6S/c1-4-14(2)20-28(24,25)17-9-7-15(8-10-17)19(23)27-13-18(22)21(3)12-16-6-5-11-26-16/h5-11,14,20H,4,12-13H2,1-3H3. The second-order valence-corrected chi connectivity index (χ2v) is 8.07. The molecule has 0 spiro atoms. The van der Waals surface area contributed by atoms with Gasteiger partial charge in [0, 0.05) is 13.1 Å². The van der Waals surface area contributed by atoms with Gasteiger partial charge in [0.15, 0.2) is 6.61 Å². The number of esters is 1. The van der Waals surface area contributed by atoms with Crippen molar-refractivity contribution in [3.05, 3.63) is 54.0 Å². The Hall–Kier alpha value is -2.65. The van der Waals surface area contributed by atoms with Crippen molar-refractivity contribution in [3.8, 4) is 0 Å². The number of carbonyl (C=O) groups is 2. The lowest BCUT2D eigenvalue weighted by atomic mass is 10.2. The summed E-state index contributed by atoms with van der Waals surface area (Å²) < 4.78 is 37.2. The molecule has 9 heteroatoms. The van der Waals surface area contributed by atoms with Crippen LogP contribution in [0.5, 0.6) is 0 Å². The van der Waals surface area contributed by atoms with Crippen molar-refractivity contribution in [1.82, 2.24) is 9.62 Å². The molecule has 2 aromatic rings. The Balaban J connectivity index is 1.91. The van der Waals surface area contributed by atoms with E-state index in [1.54, 1.807) is 26.1 Å². The van der Waals surface area contributed by atoms with E-state index in [0.717, 1.165) is 0 Å². The van der Waals surface area contributed by atoms with E-state index in [4.69, 9.17) is 9.15 Å². The molecule has 1 aromatic carbocycles. The average Bonchev–Trinajstić information content (AvgIpc) is 3.18. The van der Waals surface area contributed by atoms with Gasteiger partial charge < -0.3 is 14.1 Å². The van der Waals surface area contributed by atoms with Gasteiger partial charge >= 0.3 is 5.97 Å². The number of sulfonamides is 1. The van der Waals surface area contributed by atoms with Gasteiger partial charge in [-0.3, -0.25) is 4.79 Å². The molecule has 1 amide bonds. The fraction of sp³-hybridized carbons (Fsp3) is 0.368. The van der Waals surface area contributed by atoms with Crippen LogP contribution in [0.2, 0.25) is 0 Å². The van der Waals surface area contributed by atoms with Crippen LogP contribution in [0.4, 0.5) is 0 Å². The van der Waals surface area contributed by atoms with Gasteiger partial charge in [0.05, 0.1) is 23.3 Å². The summed E-state index contributed by atoms with van der Waals surface area (Å²) in [4.78, 5) is 25.6. The SMILES string of the molecule is CCC(C)NS(=O)(=O)c1ccc(C(=O)OCC(=O)N(C)Cc2ccco2)cc1. The summed E-state index contributed by atoms with van der Waals surface area (Å²) in [5.74, 6) is -0.481. The summed E-state index contributed by atoms with van der Waals surface area (Å²) in [6.07, 6.45) is 2.17. The maximum atomic E-state index is 12.2. The fourth-order valence-electron chi connectivity index (χ4n) is 2.23. The van der Waals surface area contributed by atoms with Crippen molar-refractivity contribution in [2.75, 3.05) is 13.7 Å². The summed E-state index contributed by atoms with van der Waals surface area (Å²) in [5, 5.41) is 0. The van der Waals surface area contributed by atoms with Crippen LogP contribution in [0.15, 0.2) is 52.0 Å². The van der Waals surface area contributed by atoms with Gasteiger partial charge in [0.1, 0.15) is 5.76 Å². The van der Waals surface area contributed by atoms with Gasteiger partial charge in [-0.1, -0.05) is 6.92 Å². The molecule has 1 N–H and O–H groups in total. The summed E-state index contributed by atoms with van der Waals surface area (Å²) in [6.45, 7) is 3.48. The lowest BCUT2D eigenvalue weighted by Gasteiger charge is -2.15. The highest BCUT2D eigenvalue weighted by molar-refractivity contribution is 7.89. The van der Waals surface area contributed by atoms with Crippen molar-refractivity contribution in [3.63, 3.8) is 0 Å². The molecule has 0 saturated carbocycles. The van der Waals surface area contributed by atoms with E-state index < -0.39 is 22.6 Å². The third kappa shape index (κ3) is 5.93. The number of benzene rings is 1. The highest BCUT2D eigenvalue weighted by atomic mass is 32.2. The highest BCUT2D eigenvalue weighted by Crippen LogP contribution is 2.13. The molecule has 0 bridgehead atoms. The molecule has 1 atom stereocenters. The monoisotopic (exact) mass is 408 g/mol. The number of nitrogens with zero attached hydrogens (tertiary/aromatic N) is 1. The molecule has 0 fully saturated rings. The van der Waals surface area contributed by atoms with Gasteiger partial charge in [-0.2, -0.15) is 0 Å². The Morgan fingerprint density at radius 3 is 2.46 bits per heavy atom. The lowest BCUT2D eigenvalue weighted by molar-refractivity contribution is -0.133. The van der Waals surface area contributed by atoms with E-state index in [9.17, 15) is 18.0 Å². The summed E-state index contributed by atoms with van der Waals surface area (Å²) in [6, 6.07) is 8.61. The molecule has 2 rings (SSSR count). The molecule has 0 radical (unpaired) electrons. The molecule has 152 valence electrons. The van der Waals surface area contributed by atoms with Crippen LogP contribution in [0.25, 0.3) is 0 Å². The van der Waals surface area contributed by atoms with Crippen LogP contribution in [0, 0.1) is 0 Å². The molecular weight excluding hydrogens is 384 g/mol. The minimum Gasteiger partial charge on any atom is -0.467 e. The predicted molar refractivity (Wildman–Crippen MR) is 102 cm³/mol. The zero-order valence-electron chi connectivity index (χ0n) is 16.0. The van der Waals surface area contributed by atoms with E-state index in [1.165, 1.54) is 35.4 Å². The van der Waals surface area contributed by atoms with Crippen molar-refractivity contribution in [2.24, 2.45) is 0 Å². The van der Waals surface area contributed by atoms with Crippen LogP contribution >= 0.6 is 0 Å². The predicted octanol–water partition coefficient (Wildman–Crippen LogP) is 2.17. The molecule has 1 heterocycles. The van der Waals surface area contributed by atoms with E-state index in [-0.39, 0.29) is 29.0 Å². The average molecular weight is 408 g/mol. The number of nitrogens with one attached hydrogen (secondary N) is 1. The Morgan fingerprint density at radius 2 is 1.89 bits per heavy atom. The van der Waals surface area contributed by atoms with E-state index >= 15 is 0 Å². The molecule has 0 aliphatic carbocycles. The second-order valence-electron chi connectivity index (χ2n) is 6.36. The maximum absolute atomic E-state index is 12.2. The highest BCUT2D eigenvalue weighted by Gasteiger charge is 2.18. The van der Waals surface area contributed by atoms with E-state index in [0.29, 0.717) is 12.2 Å². The molecule has 0 aliphatic rings. The Bertz CT molecular complexity index is 891. The first kappa shape index (κ1) is 21.6. The Labute approximate surface area is 164 Å². The summed E-state index contributed by atoms with van der Waals surface area (Å²) >= 11 is 0. The van der Waals surface area contributed by atoms with Crippen LogP contribution < -0.4 is 4.72 Å². The number of ether oxygens (including phenoxy) is 1. The molecule has 0 aliphatic heterocycles. The molecule has 1 unspecified atom stereocenters. The van der Waals surface area contributed by atoms with Gasteiger partial charge in [0.25, 0.3) is 5.91 Å². The number of furan rings is 1. The normalized spacial score (nSPS) is 12.4. The third-order valence-corrected chi connectivity index (χ3v) is 5.70. The molecule has 0 saturated heterocycles. The van der Waals surface area contributed by atoms with Crippen molar-refractivity contribution >= 4 is 21.9 Å². The van der Waals surface area contributed by atoms with Crippen LogP contribution in [0.3, 0.4) is 0 Å². The number of carbonyl (C=O) groups excluding carboxylic acids is 2. The quantitative estimate of drug-likeness (QED) is 0.638. The van der Waals surface area contributed by atoms with E-state index in [2.05, 4.69) is 4.72 Å². The Morgan fingerprint density at radius 1 is 1.21 bits per heavy atom. The first-order valence-electron chi connectivity index (χ1n) is 8.78. The Kier molecular flexibility index (Phi) is 7.36. The molecule has 28 heavy (non-hydrogen) atoms. The van der Waals surface area contributed by atoms with Crippen molar-refractivity contribution < 1.29 is 27.2 Å². The minimum absolute atomic E-state index is 0.0543. The summed E-state index contributed by atoms with van der Waals surface area (Å²) in [7, 11) is -2.08. The second kappa shape index (κ2) is 9.52. The van der Waals surface area contributed by atoms with Gasteiger partial charge in [0.2, 0.25) is 10.0 Å². The smallest absolute Gasteiger partial charge is 0.338 e. The summed E-state index contributed by atoms with van der Waals surface area (Å²) in [5.41, 5.74) is 0.156. The maximum Gasteiger partial charge on any atom is 0.338 e. The zero-order valence-corrected chi connectivity index (χ0v) is 16.9. The zero-order chi connectivity index (χ0) is 20.7. The molecular formula is C19H24N2O6S. The number of amides is 1. The topological polar surface area (TPSA) is 106 Å². The lowest BCUT2D eigenvalue weighted by Crippen LogP contribution is -2.32. The van der Waals surface area contributed by atoms with Crippen LogP contribution in [0.1, 0.15) is 36.4 Å². The first-order chi connectivity index (χ1) is 13.2. The van der Waals surface area contributed by atoms with Crippen LogP contribution in [-0.2, 0) is 26.1 Å².